The second-order valence-corrected chi connectivity index (χ2v) is 4.93. The van der Waals surface area contributed by atoms with Crippen LogP contribution in [0.15, 0.2) is 24.3 Å². The molecule has 3 heteroatoms. The lowest BCUT2D eigenvalue weighted by atomic mass is 10.1. The molecule has 0 spiro atoms. The smallest absolute Gasteiger partial charge is 0.338 e. The van der Waals surface area contributed by atoms with Crippen LogP contribution in [0.25, 0.3) is 0 Å². The van der Waals surface area contributed by atoms with Gasteiger partial charge in [-0.1, -0.05) is 43.9 Å². The average molecular weight is 264 g/mol. The molecule has 0 heterocycles. The zero-order valence-electron chi connectivity index (χ0n) is 11.9. The van der Waals surface area contributed by atoms with Crippen molar-refractivity contribution in [2.75, 3.05) is 6.61 Å². The molecule has 0 amide bonds. The first-order chi connectivity index (χ1) is 9.17. The van der Waals surface area contributed by atoms with E-state index in [9.17, 15) is 9.90 Å². The second-order valence-electron chi connectivity index (χ2n) is 4.93. The molecule has 0 saturated carbocycles. The average Bonchev–Trinajstić information content (AvgIpc) is 2.42. The second kappa shape index (κ2) is 8.70. The van der Waals surface area contributed by atoms with Gasteiger partial charge in [-0.25, -0.2) is 4.79 Å². The highest BCUT2D eigenvalue weighted by atomic mass is 16.6. The van der Waals surface area contributed by atoms with E-state index in [-0.39, 0.29) is 18.7 Å². The molecular weight excluding hydrogens is 240 g/mol. The van der Waals surface area contributed by atoms with Gasteiger partial charge in [-0.15, -0.1) is 0 Å². The number of ether oxygens (including phenoxy) is 1. The van der Waals surface area contributed by atoms with Gasteiger partial charge in [0.05, 0.1) is 12.2 Å². The molecule has 3 nitrogen and oxygen atoms in total. The number of aliphatic hydroxyl groups is 1. The van der Waals surface area contributed by atoms with Crippen molar-refractivity contribution in [3.8, 4) is 0 Å². The van der Waals surface area contributed by atoms with Gasteiger partial charge in [0.25, 0.3) is 0 Å². The molecule has 1 N–H and O–H groups in total. The Morgan fingerprint density at radius 1 is 1.21 bits per heavy atom. The van der Waals surface area contributed by atoms with Crippen LogP contribution in [-0.2, 0) is 4.74 Å². The molecule has 0 aliphatic heterocycles. The summed E-state index contributed by atoms with van der Waals surface area (Å²) < 4.78 is 5.32. The third-order valence-electron chi connectivity index (χ3n) is 3.14. The van der Waals surface area contributed by atoms with E-state index in [0.717, 1.165) is 24.8 Å². The predicted octanol–water partition coefficient (Wildman–Crippen LogP) is 3.48. The van der Waals surface area contributed by atoms with Crippen LogP contribution >= 0.6 is 0 Å². The van der Waals surface area contributed by atoms with Gasteiger partial charge in [0.1, 0.15) is 6.10 Å². The first-order valence-electron chi connectivity index (χ1n) is 7.06. The molecule has 1 atom stereocenters. The molecule has 0 saturated heterocycles. The van der Waals surface area contributed by atoms with E-state index in [2.05, 4.69) is 6.92 Å². The normalized spacial score (nSPS) is 12.2. The molecule has 0 bridgehead atoms. The minimum absolute atomic E-state index is 0.107. The van der Waals surface area contributed by atoms with Crippen LogP contribution in [0.2, 0.25) is 0 Å². The van der Waals surface area contributed by atoms with Crippen LogP contribution in [0.3, 0.4) is 0 Å². The lowest BCUT2D eigenvalue weighted by Gasteiger charge is -2.15. The number of aliphatic hydroxyl groups excluding tert-OH is 1. The maximum atomic E-state index is 11.9. The van der Waals surface area contributed by atoms with Gasteiger partial charge in [-0.3, -0.25) is 0 Å². The van der Waals surface area contributed by atoms with Gasteiger partial charge in [-0.2, -0.15) is 0 Å². The Hall–Kier alpha value is -1.35. The van der Waals surface area contributed by atoms with Crippen molar-refractivity contribution < 1.29 is 14.6 Å². The standard InChI is InChI=1S/C16H24O3/c1-3-4-5-6-7-15(12-17)19-16(18)14-10-8-13(2)9-11-14/h8-11,15,17H,3-7,12H2,1-2H3. The van der Waals surface area contributed by atoms with Gasteiger partial charge in [0.15, 0.2) is 0 Å². The van der Waals surface area contributed by atoms with Crippen molar-refractivity contribution in [2.45, 2.75) is 52.1 Å². The Kier molecular flexibility index (Phi) is 7.19. The number of aryl methyl sites for hydroxylation is 1. The predicted molar refractivity (Wildman–Crippen MR) is 76.2 cm³/mol. The molecule has 1 aromatic rings. The van der Waals surface area contributed by atoms with E-state index >= 15 is 0 Å². The molecule has 1 aromatic carbocycles. The summed E-state index contributed by atoms with van der Waals surface area (Å²) in [6.07, 6.45) is 4.81. The number of hydrogen-bond donors (Lipinski definition) is 1. The quantitative estimate of drug-likeness (QED) is 0.577. The van der Waals surface area contributed by atoms with E-state index in [0.29, 0.717) is 5.56 Å². The molecule has 19 heavy (non-hydrogen) atoms. The molecule has 0 aromatic heterocycles. The fourth-order valence-corrected chi connectivity index (χ4v) is 1.90. The number of carbonyl (C=O) groups is 1. The molecule has 0 radical (unpaired) electrons. The topological polar surface area (TPSA) is 46.5 Å². The van der Waals surface area contributed by atoms with Crippen LogP contribution in [-0.4, -0.2) is 23.8 Å². The number of rotatable bonds is 8. The lowest BCUT2D eigenvalue weighted by Crippen LogP contribution is -2.22. The zero-order valence-corrected chi connectivity index (χ0v) is 11.9. The monoisotopic (exact) mass is 264 g/mol. The van der Waals surface area contributed by atoms with E-state index in [1.807, 2.05) is 19.1 Å². The summed E-state index contributed by atoms with van der Waals surface area (Å²) in [5.74, 6) is -0.352. The SMILES string of the molecule is CCCCCCC(CO)OC(=O)c1ccc(C)cc1. The van der Waals surface area contributed by atoms with E-state index in [4.69, 9.17) is 4.74 Å². The molecule has 0 fully saturated rings. The molecule has 0 aliphatic carbocycles. The largest absolute Gasteiger partial charge is 0.456 e. The number of benzene rings is 1. The van der Waals surface area contributed by atoms with Crippen molar-refractivity contribution in [2.24, 2.45) is 0 Å². The van der Waals surface area contributed by atoms with Gasteiger partial charge < -0.3 is 9.84 Å². The molecule has 106 valence electrons. The van der Waals surface area contributed by atoms with Crippen molar-refractivity contribution >= 4 is 5.97 Å². The Balaban J connectivity index is 2.42. The fraction of sp³-hybridized carbons (Fsp3) is 0.562. The number of hydrogen-bond acceptors (Lipinski definition) is 3. The Morgan fingerprint density at radius 3 is 2.47 bits per heavy atom. The number of unbranched alkanes of at least 4 members (excludes halogenated alkanes) is 3. The summed E-state index contributed by atoms with van der Waals surface area (Å²) in [6, 6.07) is 7.27. The Bertz CT molecular complexity index is 370. The molecule has 0 aliphatic rings. The van der Waals surface area contributed by atoms with Crippen molar-refractivity contribution in [1.82, 2.24) is 0 Å². The summed E-state index contributed by atoms with van der Waals surface area (Å²) in [5, 5.41) is 9.25. The highest BCUT2D eigenvalue weighted by molar-refractivity contribution is 5.89. The first kappa shape index (κ1) is 15.7. The minimum Gasteiger partial charge on any atom is -0.456 e. The maximum Gasteiger partial charge on any atom is 0.338 e. The van der Waals surface area contributed by atoms with Crippen molar-refractivity contribution in [3.63, 3.8) is 0 Å². The van der Waals surface area contributed by atoms with E-state index < -0.39 is 0 Å². The molecule has 1 unspecified atom stereocenters. The van der Waals surface area contributed by atoms with Crippen LogP contribution in [0, 0.1) is 6.92 Å². The van der Waals surface area contributed by atoms with E-state index in [1.165, 1.54) is 12.8 Å². The highest BCUT2D eigenvalue weighted by Gasteiger charge is 2.14. The van der Waals surface area contributed by atoms with Crippen molar-refractivity contribution in [1.29, 1.82) is 0 Å². The summed E-state index contributed by atoms with van der Waals surface area (Å²) in [5.41, 5.74) is 1.65. The highest BCUT2D eigenvalue weighted by Crippen LogP contribution is 2.11. The van der Waals surface area contributed by atoms with Crippen LogP contribution in [0.1, 0.15) is 54.9 Å². The third-order valence-corrected chi connectivity index (χ3v) is 3.14. The Morgan fingerprint density at radius 2 is 1.89 bits per heavy atom. The zero-order chi connectivity index (χ0) is 14.1. The minimum atomic E-state index is -0.384. The fourth-order valence-electron chi connectivity index (χ4n) is 1.90. The summed E-state index contributed by atoms with van der Waals surface area (Å²) in [6.45, 7) is 4.02. The van der Waals surface area contributed by atoms with Crippen LogP contribution < -0.4 is 0 Å². The van der Waals surface area contributed by atoms with Crippen LogP contribution in [0.5, 0.6) is 0 Å². The summed E-state index contributed by atoms with van der Waals surface area (Å²) in [4.78, 5) is 11.9. The van der Waals surface area contributed by atoms with Crippen molar-refractivity contribution in [3.05, 3.63) is 35.4 Å². The number of carbonyl (C=O) groups excluding carboxylic acids is 1. The molecular formula is C16H24O3. The molecule has 1 rings (SSSR count). The summed E-state index contributed by atoms with van der Waals surface area (Å²) >= 11 is 0. The Labute approximate surface area is 115 Å². The third kappa shape index (κ3) is 5.88. The van der Waals surface area contributed by atoms with Gasteiger partial charge in [0.2, 0.25) is 0 Å². The van der Waals surface area contributed by atoms with Gasteiger partial charge in [0, 0.05) is 0 Å². The van der Waals surface area contributed by atoms with Crippen LogP contribution in [0.4, 0.5) is 0 Å². The first-order valence-corrected chi connectivity index (χ1v) is 7.06. The maximum absolute atomic E-state index is 11.9. The van der Waals surface area contributed by atoms with Gasteiger partial charge >= 0.3 is 5.97 Å². The summed E-state index contributed by atoms with van der Waals surface area (Å²) in [7, 11) is 0. The lowest BCUT2D eigenvalue weighted by molar-refractivity contribution is 0.0107. The van der Waals surface area contributed by atoms with Gasteiger partial charge in [-0.05, 0) is 31.9 Å². The number of esters is 1. The van der Waals surface area contributed by atoms with E-state index in [1.54, 1.807) is 12.1 Å².